The molecule has 0 saturated carbocycles. The second-order valence-corrected chi connectivity index (χ2v) is 3.67. The highest BCUT2D eigenvalue weighted by Gasteiger charge is 2.08. The van der Waals surface area contributed by atoms with Crippen molar-refractivity contribution in [3.05, 3.63) is 42.0 Å². The van der Waals surface area contributed by atoms with Crippen molar-refractivity contribution in [2.45, 2.75) is 25.7 Å². The van der Waals surface area contributed by atoms with E-state index in [9.17, 15) is 0 Å². The third-order valence-electron chi connectivity index (χ3n) is 2.65. The van der Waals surface area contributed by atoms with Gasteiger partial charge in [-0.25, -0.2) is 0 Å². The Bertz CT molecular complexity index is 390. The first kappa shape index (κ1) is 12.3. The van der Waals surface area contributed by atoms with Gasteiger partial charge >= 0.3 is 0 Å². The molecule has 0 aliphatic heterocycles. The number of rotatable bonds is 1. The highest BCUT2D eigenvalue weighted by Crippen LogP contribution is 2.24. The molecule has 2 nitrogen and oxygen atoms in total. The van der Waals surface area contributed by atoms with E-state index in [1.165, 1.54) is 42.9 Å². The van der Waals surface area contributed by atoms with Crippen molar-refractivity contribution in [2.24, 2.45) is 0 Å². The van der Waals surface area contributed by atoms with Crippen LogP contribution in [0.15, 0.2) is 30.9 Å². The van der Waals surface area contributed by atoms with Crippen LogP contribution >= 0.6 is 0 Å². The van der Waals surface area contributed by atoms with Gasteiger partial charge in [-0.1, -0.05) is 12.6 Å². The number of nitriles is 1. The lowest BCUT2D eigenvalue weighted by Gasteiger charge is -2.15. The van der Waals surface area contributed by atoms with Gasteiger partial charge in [0.05, 0.1) is 13.2 Å². The number of methoxy groups -OCH3 is 1. The van der Waals surface area contributed by atoms with Gasteiger partial charge in [-0.2, -0.15) is 5.26 Å². The normalized spacial score (nSPS) is 12.5. The fourth-order valence-electron chi connectivity index (χ4n) is 1.84. The molecule has 1 aromatic rings. The van der Waals surface area contributed by atoms with Gasteiger partial charge in [-0.15, -0.1) is 0 Å². The van der Waals surface area contributed by atoms with Gasteiger partial charge in [-0.3, -0.25) is 0 Å². The summed E-state index contributed by atoms with van der Waals surface area (Å²) in [6.45, 7) is 3.12. The lowest BCUT2D eigenvalue weighted by atomic mass is 9.92. The van der Waals surface area contributed by atoms with Gasteiger partial charge in [0.2, 0.25) is 0 Å². The van der Waals surface area contributed by atoms with Crippen molar-refractivity contribution in [1.82, 2.24) is 0 Å². The van der Waals surface area contributed by atoms with Gasteiger partial charge in [0.15, 0.2) is 0 Å². The predicted octanol–water partition coefficient (Wildman–Crippen LogP) is 3.27. The van der Waals surface area contributed by atoms with Crippen molar-refractivity contribution in [3.63, 3.8) is 0 Å². The van der Waals surface area contributed by atoms with E-state index in [1.54, 1.807) is 13.2 Å². The molecule has 1 aliphatic carbocycles. The molecule has 0 atom stereocenters. The molecule has 0 aromatic heterocycles. The Morgan fingerprint density at radius 3 is 2.50 bits per heavy atom. The summed E-state index contributed by atoms with van der Waals surface area (Å²) in [5.41, 5.74) is 3.00. The first-order valence-electron chi connectivity index (χ1n) is 5.48. The predicted molar refractivity (Wildman–Crippen MR) is 65.4 cm³/mol. The minimum Gasteiger partial charge on any atom is -0.497 e. The minimum absolute atomic E-state index is 0.996. The summed E-state index contributed by atoms with van der Waals surface area (Å²) in [6.07, 6.45) is 6.34. The molecule has 0 radical (unpaired) electrons. The van der Waals surface area contributed by atoms with E-state index in [0.29, 0.717) is 0 Å². The van der Waals surface area contributed by atoms with Crippen LogP contribution in [0, 0.1) is 11.3 Å². The molecular formula is C14H17NO. The van der Waals surface area contributed by atoms with Crippen LogP contribution in [-0.2, 0) is 12.8 Å². The molecule has 0 heterocycles. The van der Waals surface area contributed by atoms with Gasteiger partial charge in [-0.05, 0) is 48.9 Å². The molecule has 16 heavy (non-hydrogen) atoms. The summed E-state index contributed by atoms with van der Waals surface area (Å²) in [6, 6.07) is 8.13. The van der Waals surface area contributed by atoms with Gasteiger partial charge in [0.25, 0.3) is 0 Å². The van der Waals surface area contributed by atoms with Gasteiger partial charge < -0.3 is 4.74 Å². The average Bonchev–Trinajstić information content (AvgIpc) is 2.38. The summed E-state index contributed by atoms with van der Waals surface area (Å²) in [4.78, 5) is 0. The highest BCUT2D eigenvalue weighted by atomic mass is 16.5. The standard InChI is InChI=1S/C11H14O.C3H3N/c1-12-11-7-6-9-4-2-3-5-10(9)8-11;1-2-3-4/h6-8H,2-5H2,1H3;2H,1H2. The van der Waals surface area contributed by atoms with Crippen molar-refractivity contribution in [3.8, 4) is 11.8 Å². The molecule has 2 heteroatoms. The Balaban J connectivity index is 0.000000280. The second kappa shape index (κ2) is 6.68. The summed E-state index contributed by atoms with van der Waals surface area (Å²) in [5, 5.41) is 7.51. The molecule has 0 amide bonds. The molecular weight excluding hydrogens is 198 g/mol. The Morgan fingerprint density at radius 1 is 1.31 bits per heavy atom. The van der Waals surface area contributed by atoms with Crippen LogP contribution in [0.25, 0.3) is 0 Å². The third-order valence-corrected chi connectivity index (χ3v) is 2.65. The zero-order chi connectivity index (χ0) is 11.8. The molecule has 0 saturated heterocycles. The number of ether oxygens (including phenoxy) is 1. The maximum absolute atomic E-state index is 7.51. The third kappa shape index (κ3) is 3.43. The van der Waals surface area contributed by atoms with Gasteiger partial charge in [0.1, 0.15) is 5.75 Å². The number of hydrogen-bond donors (Lipinski definition) is 0. The first-order valence-corrected chi connectivity index (χ1v) is 5.48. The smallest absolute Gasteiger partial charge is 0.119 e. The van der Waals surface area contributed by atoms with Crippen LogP contribution in [0.1, 0.15) is 24.0 Å². The largest absolute Gasteiger partial charge is 0.497 e. The Hall–Kier alpha value is -1.75. The molecule has 0 spiro atoms. The molecule has 1 aliphatic rings. The number of allylic oxidation sites excluding steroid dienone is 1. The maximum Gasteiger partial charge on any atom is 0.119 e. The Morgan fingerprint density at radius 2 is 1.94 bits per heavy atom. The molecule has 0 fully saturated rings. The quantitative estimate of drug-likeness (QED) is 0.673. The summed E-state index contributed by atoms with van der Waals surface area (Å²) in [5.74, 6) is 0.996. The van der Waals surface area contributed by atoms with Crippen LogP contribution in [-0.4, -0.2) is 7.11 Å². The topological polar surface area (TPSA) is 33.0 Å². The number of fused-ring (bicyclic) bond motifs is 1. The first-order chi connectivity index (χ1) is 7.81. The van der Waals surface area contributed by atoms with Crippen molar-refractivity contribution in [1.29, 1.82) is 5.26 Å². The molecule has 0 N–H and O–H groups in total. The lowest BCUT2D eigenvalue weighted by molar-refractivity contribution is 0.413. The fourth-order valence-corrected chi connectivity index (χ4v) is 1.84. The monoisotopic (exact) mass is 215 g/mol. The van der Waals surface area contributed by atoms with Crippen LogP contribution < -0.4 is 4.74 Å². The number of hydrogen-bond acceptors (Lipinski definition) is 2. The minimum atomic E-state index is 0.996. The molecule has 0 unspecified atom stereocenters. The van der Waals surface area contributed by atoms with Crippen LogP contribution in [0.3, 0.4) is 0 Å². The summed E-state index contributed by atoms with van der Waals surface area (Å²) < 4.78 is 5.18. The molecule has 0 bridgehead atoms. The average molecular weight is 215 g/mol. The van der Waals surface area contributed by atoms with Crippen LogP contribution in [0.2, 0.25) is 0 Å². The van der Waals surface area contributed by atoms with Crippen molar-refractivity contribution >= 4 is 0 Å². The Kier molecular flexibility index (Phi) is 5.15. The maximum atomic E-state index is 7.51. The van der Waals surface area contributed by atoms with E-state index in [0.717, 1.165) is 5.75 Å². The molecule has 84 valence electrons. The fraction of sp³-hybridized carbons (Fsp3) is 0.357. The Labute approximate surface area is 97.2 Å². The summed E-state index contributed by atoms with van der Waals surface area (Å²) in [7, 11) is 1.73. The van der Waals surface area contributed by atoms with Gasteiger partial charge in [0, 0.05) is 6.08 Å². The number of aryl methyl sites for hydroxylation is 2. The molecule has 2 rings (SSSR count). The van der Waals surface area contributed by atoms with E-state index in [2.05, 4.69) is 24.8 Å². The zero-order valence-electron chi connectivity index (χ0n) is 9.70. The summed E-state index contributed by atoms with van der Waals surface area (Å²) >= 11 is 0. The highest BCUT2D eigenvalue weighted by molar-refractivity contribution is 5.36. The second-order valence-electron chi connectivity index (χ2n) is 3.67. The van der Waals surface area contributed by atoms with E-state index in [1.807, 2.05) is 0 Å². The van der Waals surface area contributed by atoms with Crippen molar-refractivity contribution in [2.75, 3.05) is 7.11 Å². The van der Waals surface area contributed by atoms with E-state index in [-0.39, 0.29) is 0 Å². The van der Waals surface area contributed by atoms with E-state index in [4.69, 9.17) is 10.00 Å². The SMILES string of the molecule is C=CC#N.COc1ccc2c(c1)CCCC2. The lowest BCUT2D eigenvalue weighted by Crippen LogP contribution is -2.02. The zero-order valence-corrected chi connectivity index (χ0v) is 9.70. The van der Waals surface area contributed by atoms with Crippen molar-refractivity contribution < 1.29 is 4.74 Å². The number of benzene rings is 1. The van der Waals surface area contributed by atoms with E-state index < -0.39 is 0 Å². The van der Waals surface area contributed by atoms with Crippen LogP contribution in [0.4, 0.5) is 0 Å². The van der Waals surface area contributed by atoms with E-state index >= 15 is 0 Å². The van der Waals surface area contributed by atoms with Crippen LogP contribution in [0.5, 0.6) is 5.75 Å². The molecule has 1 aromatic carbocycles. The number of nitrogens with zero attached hydrogens (tertiary/aromatic N) is 1.